The quantitative estimate of drug-likeness (QED) is 0.230. The van der Waals surface area contributed by atoms with Gasteiger partial charge < -0.3 is 30.7 Å². The Morgan fingerprint density at radius 1 is 0.600 bits per heavy atom. The minimum atomic E-state index is -0.230. The summed E-state index contributed by atoms with van der Waals surface area (Å²) in [5, 5.41) is 8.81. The third-order valence-corrected chi connectivity index (χ3v) is 7.05. The molecule has 0 aliphatic carbocycles. The summed E-state index contributed by atoms with van der Waals surface area (Å²) in [5.41, 5.74) is -0.454. The Morgan fingerprint density at radius 3 is 1.27 bits per heavy atom. The van der Waals surface area contributed by atoms with E-state index in [-0.39, 0.29) is 34.5 Å². The summed E-state index contributed by atoms with van der Waals surface area (Å²) in [6, 6.07) is 0. The van der Waals surface area contributed by atoms with Crippen molar-refractivity contribution in [1.29, 1.82) is 0 Å². The highest BCUT2D eigenvalue weighted by atomic mass is 16.2. The maximum absolute atomic E-state index is 11.6. The zero-order chi connectivity index (χ0) is 31.9. The number of hydrogen-bond donors (Lipinski definition) is 3. The van der Waals surface area contributed by atoms with E-state index in [9.17, 15) is 14.4 Å². The van der Waals surface area contributed by atoms with E-state index in [0.29, 0.717) is 0 Å². The largest absolute Gasteiger partial charge is 0.356 e. The van der Waals surface area contributed by atoms with Crippen molar-refractivity contribution in [3.05, 3.63) is 0 Å². The fourth-order valence-corrected chi connectivity index (χ4v) is 2.76. The summed E-state index contributed by atoms with van der Waals surface area (Å²) >= 11 is 0. The molecule has 0 aromatic carbocycles. The summed E-state index contributed by atoms with van der Waals surface area (Å²) in [6.07, 6.45) is 4.71. The molecule has 0 aromatic heterocycles. The lowest BCUT2D eigenvalue weighted by Crippen LogP contribution is -2.39. The summed E-state index contributed by atoms with van der Waals surface area (Å²) in [7, 11) is 12.1. The predicted octanol–water partition coefficient (Wildman–Crippen LogP) is 3.69. The van der Waals surface area contributed by atoms with E-state index in [0.717, 1.165) is 71.4 Å². The third-order valence-electron chi connectivity index (χ3n) is 7.05. The van der Waals surface area contributed by atoms with Crippen LogP contribution in [-0.4, -0.2) is 114 Å². The molecule has 0 spiro atoms. The van der Waals surface area contributed by atoms with Crippen LogP contribution in [0.5, 0.6) is 0 Å². The molecule has 0 saturated carbocycles. The lowest BCUT2D eigenvalue weighted by molar-refractivity contribution is -0.130. The molecule has 0 aliphatic rings. The van der Waals surface area contributed by atoms with Gasteiger partial charge in [-0.3, -0.25) is 14.4 Å². The van der Waals surface area contributed by atoms with Gasteiger partial charge in [-0.2, -0.15) is 0 Å². The van der Waals surface area contributed by atoms with Crippen LogP contribution in [0.1, 0.15) is 87.5 Å². The number of nitrogens with zero attached hydrogens (tertiary/aromatic N) is 3. The van der Waals surface area contributed by atoms with Crippen LogP contribution in [0.4, 0.5) is 0 Å². The number of likely N-dealkylation sites (N-methyl/N-ethyl adjacent to an activating group) is 1. The molecular weight excluding hydrogens is 504 g/mol. The lowest BCUT2D eigenvalue weighted by Gasteiger charge is -2.22. The Labute approximate surface area is 248 Å². The van der Waals surface area contributed by atoms with Crippen LogP contribution in [0.25, 0.3) is 0 Å². The monoisotopic (exact) mass is 573 g/mol. The number of nitrogens with one attached hydrogen (secondary N) is 3. The number of rotatable bonds is 17. The first-order valence-electron chi connectivity index (χ1n) is 15.2. The normalized spacial score (nSPS) is 12.2. The molecule has 9 nitrogen and oxygen atoms in total. The summed E-state index contributed by atoms with van der Waals surface area (Å²) in [5.74, 6) is 0.649. The van der Waals surface area contributed by atoms with Crippen molar-refractivity contribution in [3.8, 4) is 0 Å². The van der Waals surface area contributed by atoms with Gasteiger partial charge in [0.15, 0.2) is 0 Å². The second-order valence-electron chi connectivity index (χ2n) is 12.7. The van der Waals surface area contributed by atoms with Crippen molar-refractivity contribution in [2.45, 2.75) is 87.5 Å². The first-order valence-corrected chi connectivity index (χ1v) is 15.2. The summed E-state index contributed by atoms with van der Waals surface area (Å²) < 4.78 is 0. The minimum Gasteiger partial charge on any atom is -0.356 e. The van der Waals surface area contributed by atoms with E-state index in [2.05, 4.69) is 30.7 Å². The Balaban J connectivity index is -0.000000514. The van der Waals surface area contributed by atoms with Crippen LogP contribution >= 0.6 is 0 Å². The number of amides is 3. The second-order valence-corrected chi connectivity index (χ2v) is 12.7. The van der Waals surface area contributed by atoms with Crippen molar-refractivity contribution in [2.75, 3.05) is 81.6 Å². The molecular formula is C31H68N6O3. The van der Waals surface area contributed by atoms with E-state index >= 15 is 0 Å². The molecule has 0 bridgehead atoms. The van der Waals surface area contributed by atoms with Crippen LogP contribution < -0.4 is 16.0 Å². The standard InChI is InChI=1S/C11H24N2O.2C10H22N2O/c1-6-11(2,3)10(14)12-8-7-9-13(4)5;1-6-10(2,3)9(13)11-7-8-12(4)5;1-5-9(2)10(13)11-7-6-8-12(3)4/h6-9H2,1-5H3,(H,12,14);6-8H2,1-5H3,(H,11,13);9H,5-8H2,1-4H3,(H,11,13). The fourth-order valence-electron chi connectivity index (χ4n) is 2.76. The molecule has 0 fully saturated rings. The van der Waals surface area contributed by atoms with E-state index in [1.807, 2.05) is 97.7 Å². The van der Waals surface area contributed by atoms with Crippen molar-refractivity contribution in [3.63, 3.8) is 0 Å². The van der Waals surface area contributed by atoms with Crippen LogP contribution in [0.3, 0.4) is 0 Å². The van der Waals surface area contributed by atoms with E-state index < -0.39 is 0 Å². The van der Waals surface area contributed by atoms with Gasteiger partial charge in [0.2, 0.25) is 17.7 Å². The molecule has 0 rings (SSSR count). The highest BCUT2D eigenvalue weighted by Crippen LogP contribution is 2.19. The Bertz CT molecular complexity index is 663. The molecule has 3 N–H and O–H groups in total. The minimum absolute atomic E-state index is 0.150. The Hall–Kier alpha value is -1.71. The van der Waals surface area contributed by atoms with E-state index in [4.69, 9.17) is 0 Å². The van der Waals surface area contributed by atoms with Crippen LogP contribution in [0.15, 0.2) is 0 Å². The predicted molar refractivity (Wildman–Crippen MR) is 172 cm³/mol. The topological polar surface area (TPSA) is 97.0 Å². The molecule has 0 saturated heterocycles. The van der Waals surface area contributed by atoms with Crippen molar-refractivity contribution < 1.29 is 14.4 Å². The van der Waals surface area contributed by atoms with Gasteiger partial charge in [0.1, 0.15) is 0 Å². The first kappa shape index (κ1) is 42.8. The molecule has 9 heteroatoms. The number of carbonyl (C=O) groups excluding carboxylic acids is 3. The van der Waals surface area contributed by atoms with Gasteiger partial charge in [0.25, 0.3) is 0 Å². The maximum atomic E-state index is 11.6. The van der Waals surface area contributed by atoms with E-state index in [1.165, 1.54) is 0 Å². The average molecular weight is 573 g/mol. The van der Waals surface area contributed by atoms with E-state index in [1.54, 1.807) is 0 Å². The Kier molecular flexibility index (Phi) is 25.6. The van der Waals surface area contributed by atoms with Gasteiger partial charge in [0, 0.05) is 42.9 Å². The maximum Gasteiger partial charge on any atom is 0.225 e. The molecule has 0 heterocycles. The van der Waals surface area contributed by atoms with Crippen molar-refractivity contribution >= 4 is 17.7 Å². The van der Waals surface area contributed by atoms with Crippen molar-refractivity contribution in [1.82, 2.24) is 30.7 Å². The molecule has 0 aromatic rings. The number of carbonyl (C=O) groups is 3. The lowest BCUT2D eigenvalue weighted by atomic mass is 9.89. The summed E-state index contributed by atoms with van der Waals surface area (Å²) in [4.78, 5) is 40.8. The first-order chi connectivity index (χ1) is 18.4. The highest BCUT2D eigenvalue weighted by Gasteiger charge is 2.25. The molecule has 1 atom stereocenters. The molecule has 0 aliphatic heterocycles. The van der Waals surface area contributed by atoms with Crippen LogP contribution in [0.2, 0.25) is 0 Å². The third kappa shape index (κ3) is 25.3. The molecule has 3 amide bonds. The van der Waals surface area contributed by atoms with Gasteiger partial charge in [-0.1, -0.05) is 55.4 Å². The molecule has 240 valence electrons. The van der Waals surface area contributed by atoms with Crippen LogP contribution in [0, 0.1) is 16.7 Å². The van der Waals surface area contributed by atoms with Gasteiger partial charge >= 0.3 is 0 Å². The van der Waals surface area contributed by atoms with Crippen LogP contribution in [-0.2, 0) is 14.4 Å². The SMILES string of the molecule is CCC(C)(C)C(=O)NCCCN(C)C.CCC(C)(C)C(=O)NCCN(C)C.CCC(C)C(=O)NCCCN(C)C. The van der Waals surface area contributed by atoms with Gasteiger partial charge in [-0.15, -0.1) is 0 Å². The molecule has 0 radical (unpaired) electrons. The highest BCUT2D eigenvalue weighted by molar-refractivity contribution is 5.82. The van der Waals surface area contributed by atoms with Gasteiger partial charge in [-0.25, -0.2) is 0 Å². The molecule has 1 unspecified atom stereocenters. The Morgan fingerprint density at radius 2 is 0.950 bits per heavy atom. The fraction of sp³-hybridized carbons (Fsp3) is 0.903. The summed E-state index contributed by atoms with van der Waals surface area (Å²) in [6.45, 7) is 21.2. The zero-order valence-electron chi connectivity index (χ0n) is 28.9. The van der Waals surface area contributed by atoms with Gasteiger partial charge in [0.05, 0.1) is 0 Å². The molecule has 40 heavy (non-hydrogen) atoms. The zero-order valence-corrected chi connectivity index (χ0v) is 28.9. The smallest absolute Gasteiger partial charge is 0.225 e. The average Bonchev–Trinajstić information content (AvgIpc) is 2.88. The number of hydrogen-bond acceptors (Lipinski definition) is 6. The van der Waals surface area contributed by atoms with Crippen molar-refractivity contribution in [2.24, 2.45) is 16.7 Å². The van der Waals surface area contributed by atoms with Gasteiger partial charge in [-0.05, 0) is 87.5 Å². The second kappa shape index (κ2) is 23.9.